The Morgan fingerprint density at radius 3 is 2.76 bits per heavy atom. The number of hydrogen-bond donors (Lipinski definition) is 2. The molecule has 25 heavy (non-hydrogen) atoms. The first-order valence-electron chi connectivity index (χ1n) is 8.05. The minimum atomic E-state index is -0.505. The lowest BCUT2D eigenvalue weighted by Gasteiger charge is -2.18. The molecule has 3 aromatic rings. The van der Waals surface area contributed by atoms with E-state index >= 15 is 0 Å². The zero-order valence-electron chi connectivity index (χ0n) is 13.8. The van der Waals surface area contributed by atoms with E-state index < -0.39 is 11.5 Å². The molecular formula is C19H19N3O3. The smallest absolute Gasteiger partial charge is 0.270 e. The largest absolute Gasteiger partial charge is 0.396 e. The van der Waals surface area contributed by atoms with Crippen molar-refractivity contribution >= 4 is 11.6 Å². The van der Waals surface area contributed by atoms with Crippen LogP contribution in [0.4, 0.5) is 0 Å². The molecule has 1 amide bonds. The highest BCUT2D eigenvalue weighted by Gasteiger charge is 2.18. The first kappa shape index (κ1) is 16.9. The highest BCUT2D eigenvalue weighted by molar-refractivity contribution is 5.94. The average molecular weight is 337 g/mol. The summed E-state index contributed by atoms with van der Waals surface area (Å²) in [7, 11) is 0. The van der Waals surface area contributed by atoms with Gasteiger partial charge in [0.1, 0.15) is 11.2 Å². The first-order chi connectivity index (χ1) is 12.1. The lowest BCUT2D eigenvalue weighted by Crippen LogP contribution is -2.34. The molecule has 6 heteroatoms. The van der Waals surface area contributed by atoms with Gasteiger partial charge in [-0.3, -0.25) is 14.0 Å². The van der Waals surface area contributed by atoms with Gasteiger partial charge in [0.15, 0.2) is 0 Å². The van der Waals surface area contributed by atoms with Crippen LogP contribution in [0, 0.1) is 6.92 Å². The minimum Gasteiger partial charge on any atom is -0.396 e. The highest BCUT2D eigenvalue weighted by atomic mass is 16.3. The Morgan fingerprint density at radius 1 is 1.28 bits per heavy atom. The fraction of sp³-hybridized carbons (Fsp3) is 0.211. The molecule has 0 aliphatic carbocycles. The van der Waals surface area contributed by atoms with Crippen LogP contribution in [0.15, 0.2) is 59.7 Å². The predicted molar refractivity (Wildman–Crippen MR) is 94.6 cm³/mol. The van der Waals surface area contributed by atoms with Crippen LogP contribution >= 0.6 is 0 Å². The molecule has 0 saturated heterocycles. The van der Waals surface area contributed by atoms with Crippen molar-refractivity contribution in [1.82, 2.24) is 14.7 Å². The summed E-state index contributed by atoms with van der Waals surface area (Å²) in [5.74, 6) is -0.505. The number of fused-ring (bicyclic) bond motifs is 1. The van der Waals surface area contributed by atoms with E-state index in [1.54, 1.807) is 18.3 Å². The summed E-state index contributed by atoms with van der Waals surface area (Å²) in [5, 5.41) is 12.1. The van der Waals surface area contributed by atoms with E-state index in [0.29, 0.717) is 12.1 Å². The Kier molecular flexibility index (Phi) is 4.90. The molecule has 0 saturated carbocycles. The zero-order chi connectivity index (χ0) is 17.8. The number of carbonyl (C=O) groups excluding carboxylic acids is 1. The third-order valence-electron chi connectivity index (χ3n) is 4.03. The van der Waals surface area contributed by atoms with Crippen molar-refractivity contribution in [3.63, 3.8) is 0 Å². The fourth-order valence-electron chi connectivity index (χ4n) is 2.70. The molecule has 0 fully saturated rings. The van der Waals surface area contributed by atoms with Gasteiger partial charge < -0.3 is 10.4 Å². The molecule has 3 rings (SSSR count). The highest BCUT2D eigenvalue weighted by Crippen LogP contribution is 2.16. The molecule has 2 heterocycles. The number of aliphatic hydroxyl groups is 1. The minimum absolute atomic E-state index is 0.0276. The quantitative estimate of drug-likeness (QED) is 0.744. The average Bonchev–Trinajstić information content (AvgIpc) is 2.62. The van der Waals surface area contributed by atoms with Crippen LogP contribution in [-0.4, -0.2) is 27.0 Å². The number of nitrogens with zero attached hydrogens (tertiary/aromatic N) is 2. The molecule has 2 N–H and O–H groups in total. The van der Waals surface area contributed by atoms with Crippen LogP contribution in [-0.2, 0) is 0 Å². The summed E-state index contributed by atoms with van der Waals surface area (Å²) in [6.07, 6.45) is 3.27. The number of aryl methyl sites for hydroxylation is 1. The molecule has 0 aliphatic rings. The Balaban J connectivity index is 1.92. The molecule has 1 atom stereocenters. The fourth-order valence-corrected chi connectivity index (χ4v) is 2.70. The van der Waals surface area contributed by atoms with Gasteiger partial charge in [-0.2, -0.15) is 0 Å². The topological polar surface area (TPSA) is 83.7 Å². The number of nitrogens with one attached hydrogen (secondary N) is 1. The van der Waals surface area contributed by atoms with Gasteiger partial charge in [0.05, 0.1) is 6.04 Å². The van der Waals surface area contributed by atoms with Gasteiger partial charge in [0.25, 0.3) is 11.5 Å². The standard InChI is InChI=1S/C19H19N3O3/c1-13-7-9-22-17(11-13)20-12-15(19(22)25)18(24)21-16(8-10-23)14-5-3-2-4-6-14/h2-7,9,11-12,16,23H,8,10H2,1H3,(H,21,24). The van der Waals surface area contributed by atoms with Crippen molar-refractivity contribution in [2.45, 2.75) is 19.4 Å². The van der Waals surface area contributed by atoms with Gasteiger partial charge in [0.2, 0.25) is 0 Å². The number of amides is 1. The van der Waals surface area contributed by atoms with Gasteiger partial charge >= 0.3 is 0 Å². The van der Waals surface area contributed by atoms with Crippen LogP contribution in [0.3, 0.4) is 0 Å². The van der Waals surface area contributed by atoms with Crippen molar-refractivity contribution < 1.29 is 9.90 Å². The maximum absolute atomic E-state index is 12.6. The van der Waals surface area contributed by atoms with E-state index in [1.807, 2.05) is 37.3 Å². The summed E-state index contributed by atoms with van der Waals surface area (Å²) in [6.45, 7) is 1.83. The summed E-state index contributed by atoms with van der Waals surface area (Å²) in [6, 6.07) is 12.5. The zero-order valence-corrected chi connectivity index (χ0v) is 13.8. The Labute approximate surface area is 144 Å². The molecule has 0 bridgehead atoms. The second-order valence-electron chi connectivity index (χ2n) is 5.86. The molecule has 128 valence electrons. The van der Waals surface area contributed by atoms with Crippen LogP contribution in [0.2, 0.25) is 0 Å². The van der Waals surface area contributed by atoms with Crippen molar-refractivity contribution in [1.29, 1.82) is 0 Å². The summed E-state index contributed by atoms with van der Waals surface area (Å²) in [4.78, 5) is 29.4. The second-order valence-corrected chi connectivity index (χ2v) is 5.86. The lowest BCUT2D eigenvalue weighted by molar-refractivity contribution is 0.0928. The number of aliphatic hydroxyl groups excluding tert-OH is 1. The molecule has 6 nitrogen and oxygen atoms in total. The Morgan fingerprint density at radius 2 is 2.04 bits per heavy atom. The van der Waals surface area contributed by atoms with E-state index in [0.717, 1.165) is 11.1 Å². The van der Waals surface area contributed by atoms with Gasteiger partial charge in [-0.1, -0.05) is 30.3 Å². The number of benzene rings is 1. The summed E-state index contributed by atoms with van der Waals surface area (Å²) in [5.41, 5.74) is 1.90. The molecular weight excluding hydrogens is 318 g/mol. The first-order valence-corrected chi connectivity index (χ1v) is 8.05. The molecule has 0 spiro atoms. The van der Waals surface area contributed by atoms with E-state index in [9.17, 15) is 14.7 Å². The predicted octanol–water partition coefficient (Wildman–Crippen LogP) is 1.86. The lowest BCUT2D eigenvalue weighted by atomic mass is 10.0. The number of aromatic nitrogens is 2. The molecule has 0 radical (unpaired) electrons. The van der Waals surface area contributed by atoms with Gasteiger partial charge in [-0.15, -0.1) is 0 Å². The van der Waals surface area contributed by atoms with Gasteiger partial charge in [-0.05, 0) is 36.6 Å². The number of hydrogen-bond acceptors (Lipinski definition) is 4. The van der Waals surface area contributed by atoms with E-state index in [1.165, 1.54) is 10.6 Å². The third kappa shape index (κ3) is 3.59. The Bertz CT molecular complexity index is 951. The maximum atomic E-state index is 12.6. The second kappa shape index (κ2) is 7.27. The van der Waals surface area contributed by atoms with Gasteiger partial charge in [-0.25, -0.2) is 4.98 Å². The van der Waals surface area contributed by atoms with Crippen molar-refractivity contribution in [3.8, 4) is 0 Å². The van der Waals surface area contributed by atoms with Crippen LogP contribution < -0.4 is 10.9 Å². The van der Waals surface area contributed by atoms with E-state index in [2.05, 4.69) is 10.3 Å². The van der Waals surface area contributed by atoms with Crippen molar-refractivity contribution in [2.75, 3.05) is 6.61 Å². The summed E-state index contributed by atoms with van der Waals surface area (Å²) >= 11 is 0. The van der Waals surface area contributed by atoms with Gasteiger partial charge in [0, 0.05) is 19.0 Å². The monoisotopic (exact) mass is 337 g/mol. The molecule has 2 aromatic heterocycles. The molecule has 0 aliphatic heterocycles. The number of pyridine rings is 1. The van der Waals surface area contributed by atoms with Crippen LogP contribution in [0.5, 0.6) is 0 Å². The molecule has 1 unspecified atom stereocenters. The maximum Gasteiger partial charge on any atom is 0.270 e. The summed E-state index contributed by atoms with van der Waals surface area (Å²) < 4.78 is 1.35. The van der Waals surface area contributed by atoms with Crippen LogP contribution in [0.1, 0.15) is 33.9 Å². The number of carbonyl (C=O) groups is 1. The normalized spacial score (nSPS) is 12.1. The Hall–Kier alpha value is -2.99. The van der Waals surface area contributed by atoms with Crippen molar-refractivity contribution in [2.24, 2.45) is 0 Å². The third-order valence-corrected chi connectivity index (χ3v) is 4.03. The van der Waals surface area contributed by atoms with E-state index in [4.69, 9.17) is 0 Å². The SMILES string of the molecule is Cc1ccn2c(=O)c(C(=O)NC(CCO)c3ccccc3)cnc2c1. The number of rotatable bonds is 5. The van der Waals surface area contributed by atoms with Crippen LogP contribution in [0.25, 0.3) is 5.65 Å². The van der Waals surface area contributed by atoms with E-state index in [-0.39, 0.29) is 18.2 Å². The molecule has 1 aromatic carbocycles. The van der Waals surface area contributed by atoms with Crippen molar-refractivity contribution in [3.05, 3.63) is 81.9 Å².